The molecule has 0 unspecified atom stereocenters. The van der Waals surface area contributed by atoms with Gasteiger partial charge in [-0.1, -0.05) is 24.3 Å². The van der Waals surface area contributed by atoms with Crippen LogP contribution in [0.1, 0.15) is 11.3 Å². The molecule has 2 aromatic carbocycles. The molecule has 0 aliphatic carbocycles. The average Bonchev–Trinajstić information content (AvgIpc) is 3.01. The lowest BCUT2D eigenvalue weighted by Gasteiger charge is -2.06. The Balaban J connectivity index is 1.68. The highest BCUT2D eigenvalue weighted by Gasteiger charge is 2.15. The number of aromatic nitrogens is 1. The third kappa shape index (κ3) is 3.88. The summed E-state index contributed by atoms with van der Waals surface area (Å²) < 4.78 is 5.60. The van der Waals surface area contributed by atoms with E-state index < -0.39 is 4.92 Å². The maximum absolute atomic E-state index is 11.1. The molecule has 7 heteroatoms. The molecule has 1 aromatic heterocycles. The van der Waals surface area contributed by atoms with Crippen LogP contribution in [0.2, 0.25) is 0 Å². The smallest absolute Gasteiger partial charge is 0.310 e. The molecule has 0 bridgehead atoms. The Labute approximate surface area is 142 Å². The van der Waals surface area contributed by atoms with Crippen molar-refractivity contribution in [3.8, 4) is 5.75 Å². The van der Waals surface area contributed by atoms with Crippen molar-refractivity contribution in [3.63, 3.8) is 0 Å². The van der Waals surface area contributed by atoms with Gasteiger partial charge in [-0.15, -0.1) is 11.3 Å². The summed E-state index contributed by atoms with van der Waals surface area (Å²) in [5, 5.41) is 16.9. The summed E-state index contributed by atoms with van der Waals surface area (Å²) in [6.45, 7) is 2.04. The van der Waals surface area contributed by atoms with Crippen molar-refractivity contribution in [2.24, 2.45) is 0 Å². The number of benzene rings is 2. The first-order valence-electron chi connectivity index (χ1n) is 7.26. The van der Waals surface area contributed by atoms with Gasteiger partial charge < -0.3 is 10.1 Å². The van der Waals surface area contributed by atoms with Crippen LogP contribution in [0.4, 0.5) is 16.5 Å². The fourth-order valence-corrected chi connectivity index (χ4v) is 2.83. The average molecular weight is 341 g/mol. The van der Waals surface area contributed by atoms with Gasteiger partial charge in [-0.25, -0.2) is 4.98 Å². The summed E-state index contributed by atoms with van der Waals surface area (Å²) >= 11 is 1.46. The number of nitrogens with zero attached hydrogens (tertiary/aromatic N) is 2. The minimum absolute atomic E-state index is 0.0431. The van der Waals surface area contributed by atoms with Gasteiger partial charge in [-0.05, 0) is 30.7 Å². The van der Waals surface area contributed by atoms with E-state index in [2.05, 4.69) is 10.3 Å². The molecule has 3 rings (SSSR count). The molecule has 0 aliphatic heterocycles. The van der Waals surface area contributed by atoms with E-state index >= 15 is 0 Å². The molecule has 24 heavy (non-hydrogen) atoms. The third-order valence-corrected chi connectivity index (χ3v) is 4.07. The summed E-state index contributed by atoms with van der Waals surface area (Å²) in [5.41, 5.74) is 2.53. The van der Waals surface area contributed by atoms with Crippen molar-refractivity contribution >= 4 is 27.8 Å². The second kappa shape index (κ2) is 7.10. The van der Waals surface area contributed by atoms with Gasteiger partial charge in [0, 0.05) is 17.1 Å². The number of hydrogen-bond acceptors (Lipinski definition) is 6. The molecule has 0 atom stereocenters. The second-order valence-electron chi connectivity index (χ2n) is 5.15. The maximum Gasteiger partial charge on any atom is 0.310 e. The Hall–Kier alpha value is -2.93. The number of hydrogen-bond donors (Lipinski definition) is 1. The predicted octanol–water partition coefficient (Wildman–Crippen LogP) is 4.68. The highest BCUT2D eigenvalue weighted by atomic mass is 32.1. The van der Waals surface area contributed by atoms with Crippen LogP contribution in [0.25, 0.3) is 0 Å². The van der Waals surface area contributed by atoms with Gasteiger partial charge >= 0.3 is 5.69 Å². The Morgan fingerprint density at radius 3 is 2.79 bits per heavy atom. The number of ether oxygens (including phenoxy) is 1. The fourth-order valence-electron chi connectivity index (χ4n) is 2.12. The number of nitrogens with one attached hydrogen (secondary N) is 1. The third-order valence-electron chi connectivity index (χ3n) is 3.26. The normalized spacial score (nSPS) is 10.4. The van der Waals surface area contributed by atoms with Crippen LogP contribution in [-0.2, 0) is 6.61 Å². The largest absolute Gasteiger partial charge is 0.480 e. The first kappa shape index (κ1) is 15.9. The monoisotopic (exact) mass is 341 g/mol. The molecule has 0 spiro atoms. The van der Waals surface area contributed by atoms with Crippen LogP contribution in [0.15, 0.2) is 53.9 Å². The van der Waals surface area contributed by atoms with E-state index in [0.29, 0.717) is 5.69 Å². The van der Waals surface area contributed by atoms with E-state index in [1.807, 2.05) is 42.6 Å². The highest BCUT2D eigenvalue weighted by Crippen LogP contribution is 2.29. The lowest BCUT2D eigenvalue weighted by Crippen LogP contribution is -2.00. The lowest BCUT2D eigenvalue weighted by molar-refractivity contribution is -0.386. The molecule has 3 aromatic rings. The zero-order valence-corrected chi connectivity index (χ0v) is 13.7. The first-order chi connectivity index (χ1) is 11.6. The first-order valence-corrected chi connectivity index (χ1v) is 8.14. The van der Waals surface area contributed by atoms with Crippen molar-refractivity contribution in [3.05, 3.63) is 75.3 Å². The van der Waals surface area contributed by atoms with Crippen LogP contribution >= 0.6 is 11.3 Å². The number of aryl methyl sites for hydroxylation is 1. The zero-order chi connectivity index (χ0) is 16.9. The Kier molecular flexibility index (Phi) is 4.72. The van der Waals surface area contributed by atoms with Crippen LogP contribution in [0.5, 0.6) is 5.75 Å². The van der Waals surface area contributed by atoms with Crippen LogP contribution < -0.4 is 10.1 Å². The summed E-state index contributed by atoms with van der Waals surface area (Å²) in [6, 6.07) is 14.5. The summed E-state index contributed by atoms with van der Waals surface area (Å²) in [5.74, 6) is 0.255. The molecule has 0 fully saturated rings. The lowest BCUT2D eigenvalue weighted by atomic mass is 10.2. The number of nitro groups is 1. The number of anilines is 2. The molecule has 6 nitrogen and oxygen atoms in total. The van der Waals surface area contributed by atoms with Gasteiger partial charge in [0.05, 0.1) is 10.6 Å². The van der Waals surface area contributed by atoms with E-state index in [1.165, 1.54) is 17.4 Å². The molecular weight excluding hydrogens is 326 g/mol. The minimum Gasteiger partial charge on any atom is -0.480 e. The van der Waals surface area contributed by atoms with E-state index in [-0.39, 0.29) is 18.0 Å². The van der Waals surface area contributed by atoms with Crippen LogP contribution in [0, 0.1) is 17.0 Å². The second-order valence-corrected chi connectivity index (χ2v) is 6.01. The fraction of sp³-hybridized carbons (Fsp3) is 0.118. The topological polar surface area (TPSA) is 77.3 Å². The zero-order valence-electron chi connectivity index (χ0n) is 12.9. The van der Waals surface area contributed by atoms with Crippen molar-refractivity contribution in [2.75, 3.05) is 5.32 Å². The van der Waals surface area contributed by atoms with Gasteiger partial charge in [0.15, 0.2) is 10.9 Å². The van der Waals surface area contributed by atoms with E-state index in [0.717, 1.165) is 16.4 Å². The van der Waals surface area contributed by atoms with E-state index in [4.69, 9.17) is 4.74 Å². The van der Waals surface area contributed by atoms with Crippen LogP contribution in [-0.4, -0.2) is 9.91 Å². The number of nitro benzene ring substituents is 1. The molecule has 0 amide bonds. The molecule has 0 aliphatic rings. The number of rotatable bonds is 6. The minimum atomic E-state index is -0.446. The number of para-hydroxylation sites is 1. The van der Waals surface area contributed by atoms with Gasteiger partial charge in [-0.3, -0.25) is 10.1 Å². The van der Waals surface area contributed by atoms with Crippen molar-refractivity contribution < 1.29 is 9.66 Å². The Bertz CT molecular complexity index is 849. The Morgan fingerprint density at radius 1 is 1.25 bits per heavy atom. The van der Waals surface area contributed by atoms with Gasteiger partial charge in [0.25, 0.3) is 0 Å². The van der Waals surface area contributed by atoms with E-state index in [9.17, 15) is 10.1 Å². The van der Waals surface area contributed by atoms with Crippen molar-refractivity contribution in [2.45, 2.75) is 13.5 Å². The van der Waals surface area contributed by atoms with Crippen molar-refractivity contribution in [1.82, 2.24) is 4.98 Å². The molecular formula is C17H15N3O3S. The van der Waals surface area contributed by atoms with Crippen molar-refractivity contribution in [1.29, 1.82) is 0 Å². The predicted molar refractivity (Wildman–Crippen MR) is 94.0 cm³/mol. The maximum atomic E-state index is 11.1. The van der Waals surface area contributed by atoms with E-state index in [1.54, 1.807) is 12.1 Å². The molecule has 0 saturated heterocycles. The molecule has 1 N–H and O–H groups in total. The van der Waals surface area contributed by atoms with Gasteiger partial charge in [0.2, 0.25) is 0 Å². The van der Waals surface area contributed by atoms with Crippen LogP contribution in [0.3, 0.4) is 0 Å². The SMILES string of the molecule is Cc1ccc([N+](=O)[O-])c(OCc2csc(Nc3ccccc3)n2)c1. The molecule has 1 heterocycles. The summed E-state index contributed by atoms with van der Waals surface area (Å²) in [6.07, 6.45) is 0. The van der Waals surface area contributed by atoms with Gasteiger partial charge in [0.1, 0.15) is 6.61 Å². The standard InChI is InChI=1S/C17H15N3O3S/c1-12-7-8-15(20(21)22)16(9-12)23-10-14-11-24-17(19-14)18-13-5-3-2-4-6-13/h2-9,11H,10H2,1H3,(H,18,19). The molecule has 0 saturated carbocycles. The Morgan fingerprint density at radius 2 is 2.04 bits per heavy atom. The highest BCUT2D eigenvalue weighted by molar-refractivity contribution is 7.13. The summed E-state index contributed by atoms with van der Waals surface area (Å²) in [4.78, 5) is 15.0. The molecule has 0 radical (unpaired) electrons. The number of thiazole rings is 1. The quantitative estimate of drug-likeness (QED) is 0.520. The molecule has 122 valence electrons. The van der Waals surface area contributed by atoms with Gasteiger partial charge in [-0.2, -0.15) is 0 Å². The summed E-state index contributed by atoms with van der Waals surface area (Å²) in [7, 11) is 0.